The van der Waals surface area contributed by atoms with Gasteiger partial charge in [0.15, 0.2) is 5.82 Å². The molecule has 0 aliphatic carbocycles. The average molecular weight is 556 g/mol. The highest BCUT2D eigenvalue weighted by Crippen LogP contribution is 2.33. The van der Waals surface area contributed by atoms with Gasteiger partial charge in [0.25, 0.3) is 0 Å². The molecule has 2 aliphatic rings. The van der Waals surface area contributed by atoms with Crippen LogP contribution in [-0.2, 0) is 18.3 Å². The Kier molecular flexibility index (Phi) is 6.80. The van der Waals surface area contributed by atoms with Crippen molar-refractivity contribution >= 4 is 22.5 Å². The van der Waals surface area contributed by atoms with Gasteiger partial charge in [0, 0.05) is 75.3 Å². The summed E-state index contributed by atoms with van der Waals surface area (Å²) in [5.41, 5.74) is 3.57. The maximum absolute atomic E-state index is 6.22. The number of nitrogens with one attached hydrogen (secondary N) is 1. The van der Waals surface area contributed by atoms with E-state index in [0.29, 0.717) is 29.9 Å². The maximum Gasteiger partial charge on any atom is 0.222 e. The third-order valence-electron chi connectivity index (χ3n) is 7.69. The number of pyridine rings is 1. The van der Waals surface area contributed by atoms with Crippen molar-refractivity contribution in [2.24, 2.45) is 7.05 Å². The molecule has 212 valence electrons. The number of anilines is 2. The number of aryl methyl sites for hydroxylation is 2. The molecule has 0 aromatic carbocycles. The maximum atomic E-state index is 6.22. The molecule has 0 amide bonds. The molecule has 5 aromatic rings. The fraction of sp³-hybridized carbons (Fsp3) is 0.429. The van der Waals surface area contributed by atoms with Gasteiger partial charge in [-0.25, -0.2) is 19.6 Å². The molecule has 0 spiro atoms. The Morgan fingerprint density at radius 2 is 1.93 bits per heavy atom. The van der Waals surface area contributed by atoms with Gasteiger partial charge in [0.2, 0.25) is 5.88 Å². The third kappa shape index (κ3) is 5.13. The highest BCUT2D eigenvalue weighted by Gasteiger charge is 2.21. The fourth-order valence-corrected chi connectivity index (χ4v) is 5.43. The lowest BCUT2D eigenvalue weighted by Crippen LogP contribution is -2.37. The topological polar surface area (TPSA) is 126 Å². The van der Waals surface area contributed by atoms with Crippen LogP contribution in [0.1, 0.15) is 25.8 Å². The third-order valence-corrected chi connectivity index (χ3v) is 7.69. The van der Waals surface area contributed by atoms with Gasteiger partial charge in [0.1, 0.15) is 22.9 Å². The smallest absolute Gasteiger partial charge is 0.222 e. The molecular formula is C28H33N11O2. The van der Waals surface area contributed by atoms with Crippen LogP contribution in [-0.4, -0.2) is 88.6 Å². The summed E-state index contributed by atoms with van der Waals surface area (Å²) in [6.07, 6.45) is 11.1. The zero-order valence-corrected chi connectivity index (χ0v) is 23.3. The summed E-state index contributed by atoms with van der Waals surface area (Å²) < 4.78 is 17.5. The number of hydrogen-bond acceptors (Lipinski definition) is 10. The van der Waals surface area contributed by atoms with Crippen LogP contribution in [0.5, 0.6) is 5.88 Å². The van der Waals surface area contributed by atoms with Crippen molar-refractivity contribution in [1.82, 2.24) is 49.2 Å². The summed E-state index contributed by atoms with van der Waals surface area (Å²) in [5, 5.41) is 18.4. The van der Waals surface area contributed by atoms with E-state index in [1.807, 2.05) is 36.3 Å². The van der Waals surface area contributed by atoms with Crippen molar-refractivity contribution in [1.29, 1.82) is 0 Å². The second kappa shape index (κ2) is 10.9. The van der Waals surface area contributed by atoms with E-state index in [1.165, 1.54) is 0 Å². The molecule has 0 radical (unpaired) electrons. The minimum absolute atomic E-state index is 0.0683. The molecule has 2 aliphatic heterocycles. The van der Waals surface area contributed by atoms with Gasteiger partial charge in [-0.05, 0) is 19.4 Å². The predicted octanol–water partition coefficient (Wildman–Crippen LogP) is 3.29. The first kappa shape index (κ1) is 25.6. The Bertz CT molecular complexity index is 1670. The molecule has 1 atom stereocenters. The summed E-state index contributed by atoms with van der Waals surface area (Å²) in [6.45, 7) is 8.19. The highest BCUT2D eigenvalue weighted by molar-refractivity contribution is 5.94. The van der Waals surface area contributed by atoms with E-state index in [2.05, 4.69) is 43.2 Å². The number of ether oxygens (including phenoxy) is 2. The first-order valence-electron chi connectivity index (χ1n) is 14.1. The fourth-order valence-electron chi connectivity index (χ4n) is 5.43. The SMILES string of the molecule is C[C@H]1CCOc2c(cnn2C)-c2nccc(n2)Nc2cc3c(cn2)c(-c2cnn(CCCN4CCOCC4)c2)nn31. The number of morpholine rings is 1. The van der Waals surface area contributed by atoms with Crippen LogP contribution < -0.4 is 10.1 Å². The van der Waals surface area contributed by atoms with Crippen molar-refractivity contribution in [3.63, 3.8) is 0 Å². The minimum Gasteiger partial charge on any atom is -0.477 e. The molecule has 13 heteroatoms. The van der Waals surface area contributed by atoms with Gasteiger partial charge in [-0.3, -0.25) is 14.3 Å². The average Bonchev–Trinajstić information content (AvgIpc) is 3.70. The van der Waals surface area contributed by atoms with Crippen LogP contribution in [0.2, 0.25) is 0 Å². The molecule has 4 bridgehead atoms. The Hall–Kier alpha value is -4.36. The van der Waals surface area contributed by atoms with Gasteiger partial charge in [-0.15, -0.1) is 0 Å². The van der Waals surface area contributed by atoms with E-state index in [-0.39, 0.29) is 6.04 Å². The van der Waals surface area contributed by atoms with Gasteiger partial charge in [-0.1, -0.05) is 0 Å². The quantitative estimate of drug-likeness (QED) is 0.345. The summed E-state index contributed by atoms with van der Waals surface area (Å²) in [5.74, 6) is 2.49. The second-order valence-electron chi connectivity index (χ2n) is 10.5. The van der Waals surface area contributed by atoms with Crippen LogP contribution in [0.3, 0.4) is 0 Å². The largest absolute Gasteiger partial charge is 0.477 e. The normalized spacial score (nSPS) is 17.7. The van der Waals surface area contributed by atoms with Crippen LogP contribution >= 0.6 is 0 Å². The molecule has 13 nitrogen and oxygen atoms in total. The van der Waals surface area contributed by atoms with Crippen molar-refractivity contribution in [2.75, 3.05) is 44.8 Å². The molecular weight excluding hydrogens is 522 g/mol. The van der Waals surface area contributed by atoms with Crippen molar-refractivity contribution in [3.8, 4) is 28.5 Å². The Morgan fingerprint density at radius 3 is 2.83 bits per heavy atom. The van der Waals surface area contributed by atoms with Crippen LogP contribution in [0.4, 0.5) is 11.6 Å². The molecule has 41 heavy (non-hydrogen) atoms. The van der Waals surface area contributed by atoms with E-state index in [0.717, 1.165) is 80.0 Å². The highest BCUT2D eigenvalue weighted by atomic mass is 16.5. The zero-order chi connectivity index (χ0) is 27.8. The first-order valence-corrected chi connectivity index (χ1v) is 14.1. The molecule has 1 N–H and O–H groups in total. The lowest BCUT2D eigenvalue weighted by atomic mass is 10.1. The molecule has 1 fully saturated rings. The van der Waals surface area contributed by atoms with Crippen molar-refractivity contribution in [2.45, 2.75) is 32.4 Å². The number of hydrogen-bond donors (Lipinski definition) is 1. The molecule has 0 saturated carbocycles. The van der Waals surface area contributed by atoms with E-state index in [1.54, 1.807) is 17.1 Å². The zero-order valence-electron chi connectivity index (χ0n) is 23.3. The summed E-state index contributed by atoms with van der Waals surface area (Å²) in [4.78, 5) is 16.3. The minimum atomic E-state index is 0.0683. The molecule has 0 unspecified atom stereocenters. The number of aromatic nitrogens is 9. The summed E-state index contributed by atoms with van der Waals surface area (Å²) >= 11 is 0. The number of nitrogens with zero attached hydrogens (tertiary/aromatic N) is 10. The van der Waals surface area contributed by atoms with Crippen molar-refractivity contribution in [3.05, 3.63) is 43.1 Å². The summed E-state index contributed by atoms with van der Waals surface area (Å²) in [6, 6.07) is 3.91. The lowest BCUT2D eigenvalue weighted by molar-refractivity contribution is 0.0368. The molecule has 7 heterocycles. The number of fused-ring (bicyclic) bond motifs is 5. The Balaban J connectivity index is 1.19. The van der Waals surface area contributed by atoms with Gasteiger partial charge >= 0.3 is 0 Å². The van der Waals surface area contributed by atoms with Gasteiger partial charge in [-0.2, -0.15) is 15.3 Å². The van der Waals surface area contributed by atoms with Crippen LogP contribution in [0, 0.1) is 0 Å². The molecule has 1 saturated heterocycles. The molecule has 5 aromatic heterocycles. The Morgan fingerprint density at radius 1 is 1.02 bits per heavy atom. The van der Waals surface area contributed by atoms with E-state index < -0.39 is 0 Å². The van der Waals surface area contributed by atoms with Gasteiger partial charge in [0.05, 0.1) is 43.8 Å². The van der Waals surface area contributed by atoms with E-state index in [9.17, 15) is 0 Å². The predicted molar refractivity (Wildman–Crippen MR) is 153 cm³/mol. The Labute approximate surface area is 237 Å². The van der Waals surface area contributed by atoms with Crippen molar-refractivity contribution < 1.29 is 9.47 Å². The van der Waals surface area contributed by atoms with Crippen LogP contribution in [0.25, 0.3) is 33.5 Å². The monoisotopic (exact) mass is 555 g/mol. The number of rotatable bonds is 5. The summed E-state index contributed by atoms with van der Waals surface area (Å²) in [7, 11) is 1.86. The van der Waals surface area contributed by atoms with Crippen LogP contribution in [0.15, 0.2) is 43.1 Å². The van der Waals surface area contributed by atoms with E-state index in [4.69, 9.17) is 24.5 Å². The first-order chi connectivity index (χ1) is 20.1. The van der Waals surface area contributed by atoms with Gasteiger partial charge < -0.3 is 14.8 Å². The van der Waals surface area contributed by atoms with E-state index >= 15 is 0 Å². The standard InChI is InChI=1S/C28H33N11O2/c1-19-5-11-41-28-22(17-31-36(28)2)27-29-6-4-24(34-27)33-25-14-23-21(16-30-25)26(35-39(19)23)20-15-32-38(18-20)8-3-7-37-9-12-40-13-10-37/h4,6,14-19H,3,5,7-13H2,1-2H3,(H,29,30,33,34)/t19-/m0/s1. The molecule has 7 rings (SSSR count). The lowest BCUT2D eigenvalue weighted by Gasteiger charge is -2.26. The second-order valence-corrected chi connectivity index (χ2v) is 10.5.